The highest BCUT2D eigenvalue weighted by Gasteiger charge is 2.26. The summed E-state index contributed by atoms with van der Waals surface area (Å²) < 4.78 is 5.41. The summed E-state index contributed by atoms with van der Waals surface area (Å²) in [6.07, 6.45) is 3.50. The lowest BCUT2D eigenvalue weighted by atomic mass is 9.86. The van der Waals surface area contributed by atoms with Crippen molar-refractivity contribution in [1.29, 1.82) is 0 Å². The van der Waals surface area contributed by atoms with Gasteiger partial charge in [0.1, 0.15) is 6.10 Å². The van der Waals surface area contributed by atoms with Crippen molar-refractivity contribution in [3.63, 3.8) is 0 Å². The molecule has 1 aromatic rings. The summed E-state index contributed by atoms with van der Waals surface area (Å²) in [5, 5.41) is 6.11. The van der Waals surface area contributed by atoms with E-state index in [0.717, 1.165) is 6.54 Å². The van der Waals surface area contributed by atoms with Crippen molar-refractivity contribution in [2.24, 2.45) is 0 Å². The van der Waals surface area contributed by atoms with E-state index in [0.29, 0.717) is 19.7 Å². The first-order valence-corrected chi connectivity index (χ1v) is 6.33. The second kappa shape index (κ2) is 5.54. The minimum atomic E-state index is -0.360. The second-order valence-electron chi connectivity index (χ2n) is 5.26. The minimum Gasteiger partial charge on any atom is -0.367 e. The van der Waals surface area contributed by atoms with Gasteiger partial charge in [-0.3, -0.25) is 4.79 Å². The smallest absolute Gasteiger partial charge is 0.250 e. The summed E-state index contributed by atoms with van der Waals surface area (Å²) in [5.74, 6) is -0.0363. The second-order valence-corrected chi connectivity index (χ2v) is 5.26. The van der Waals surface area contributed by atoms with Gasteiger partial charge in [0.25, 0.3) is 0 Å². The van der Waals surface area contributed by atoms with Crippen LogP contribution in [0, 0.1) is 0 Å². The molecule has 1 aliphatic rings. The van der Waals surface area contributed by atoms with E-state index in [4.69, 9.17) is 4.74 Å². The molecule has 1 atom stereocenters. The number of hydrogen-bond acceptors (Lipinski definition) is 3. The summed E-state index contributed by atoms with van der Waals surface area (Å²) in [6.45, 7) is 6.82. The van der Waals surface area contributed by atoms with Crippen LogP contribution in [0.3, 0.4) is 0 Å². The summed E-state index contributed by atoms with van der Waals surface area (Å²) in [7, 11) is 0. The lowest BCUT2D eigenvalue weighted by Gasteiger charge is -2.27. The Morgan fingerprint density at radius 2 is 2.44 bits per heavy atom. The predicted molar refractivity (Wildman–Crippen MR) is 69.4 cm³/mol. The summed E-state index contributed by atoms with van der Waals surface area (Å²) in [4.78, 5) is 15.0. The molecule has 18 heavy (non-hydrogen) atoms. The summed E-state index contributed by atoms with van der Waals surface area (Å²) in [6, 6.07) is 2.03. The average Bonchev–Trinajstić information content (AvgIpc) is 2.92. The molecule has 0 spiro atoms. The van der Waals surface area contributed by atoms with Gasteiger partial charge in [0.2, 0.25) is 5.91 Å². The standard InChI is InChI=1S/C13H21N3O2/c1-13(2,10-3-4-14-7-10)9-16-12(17)11-8-15-5-6-18-11/h3-4,7,11,14-15H,5-6,8-9H2,1-2H3,(H,16,17). The van der Waals surface area contributed by atoms with Crippen LogP contribution in [-0.4, -0.2) is 43.2 Å². The van der Waals surface area contributed by atoms with Gasteiger partial charge in [0.15, 0.2) is 0 Å². The number of hydrogen-bond donors (Lipinski definition) is 3. The Balaban J connectivity index is 1.85. The summed E-state index contributed by atoms with van der Waals surface area (Å²) >= 11 is 0. The molecule has 0 saturated carbocycles. The van der Waals surface area contributed by atoms with Gasteiger partial charge >= 0.3 is 0 Å². The van der Waals surface area contributed by atoms with Crippen LogP contribution in [-0.2, 0) is 14.9 Å². The van der Waals surface area contributed by atoms with Gasteiger partial charge in [0.05, 0.1) is 6.61 Å². The topological polar surface area (TPSA) is 66.2 Å². The van der Waals surface area contributed by atoms with Gasteiger partial charge in [-0.05, 0) is 11.6 Å². The van der Waals surface area contributed by atoms with E-state index >= 15 is 0 Å². The highest BCUT2D eigenvalue weighted by atomic mass is 16.5. The van der Waals surface area contributed by atoms with Crippen LogP contribution < -0.4 is 10.6 Å². The highest BCUT2D eigenvalue weighted by molar-refractivity contribution is 5.81. The first kappa shape index (κ1) is 13.1. The fourth-order valence-electron chi connectivity index (χ4n) is 2.00. The van der Waals surface area contributed by atoms with Crippen molar-refractivity contribution in [3.05, 3.63) is 24.0 Å². The first-order valence-electron chi connectivity index (χ1n) is 6.33. The number of rotatable bonds is 4. The van der Waals surface area contributed by atoms with Crippen LogP contribution in [0.5, 0.6) is 0 Å². The van der Waals surface area contributed by atoms with Gasteiger partial charge in [-0.15, -0.1) is 0 Å². The lowest BCUT2D eigenvalue weighted by Crippen LogP contribution is -2.49. The number of carbonyl (C=O) groups is 1. The highest BCUT2D eigenvalue weighted by Crippen LogP contribution is 2.21. The molecular weight excluding hydrogens is 230 g/mol. The third-order valence-electron chi connectivity index (χ3n) is 3.30. The van der Waals surface area contributed by atoms with Gasteiger partial charge in [-0.2, -0.15) is 0 Å². The van der Waals surface area contributed by atoms with Crippen molar-refractivity contribution < 1.29 is 9.53 Å². The largest absolute Gasteiger partial charge is 0.367 e. The molecule has 0 aliphatic carbocycles. The van der Waals surface area contributed by atoms with E-state index < -0.39 is 0 Å². The maximum atomic E-state index is 11.9. The quantitative estimate of drug-likeness (QED) is 0.725. The molecule has 0 aromatic carbocycles. The van der Waals surface area contributed by atoms with Crippen LogP contribution in [0.15, 0.2) is 18.5 Å². The first-order chi connectivity index (χ1) is 8.59. The van der Waals surface area contributed by atoms with Crippen LogP contribution in [0.4, 0.5) is 0 Å². The van der Waals surface area contributed by atoms with Crippen molar-refractivity contribution in [1.82, 2.24) is 15.6 Å². The third-order valence-corrected chi connectivity index (χ3v) is 3.30. The third kappa shape index (κ3) is 3.11. The number of morpholine rings is 1. The number of aromatic amines is 1. The number of nitrogens with one attached hydrogen (secondary N) is 3. The molecule has 0 radical (unpaired) electrons. The number of H-pyrrole nitrogens is 1. The zero-order valence-corrected chi connectivity index (χ0v) is 11.0. The lowest BCUT2D eigenvalue weighted by molar-refractivity contribution is -0.134. The Morgan fingerprint density at radius 1 is 1.61 bits per heavy atom. The van der Waals surface area contributed by atoms with E-state index in [-0.39, 0.29) is 17.4 Å². The van der Waals surface area contributed by atoms with Crippen molar-refractivity contribution >= 4 is 5.91 Å². The van der Waals surface area contributed by atoms with Crippen LogP contribution >= 0.6 is 0 Å². The van der Waals surface area contributed by atoms with Gasteiger partial charge in [-0.25, -0.2) is 0 Å². The van der Waals surface area contributed by atoms with Crippen LogP contribution in [0.2, 0.25) is 0 Å². The monoisotopic (exact) mass is 251 g/mol. The Labute approximate surface area is 107 Å². The van der Waals surface area contributed by atoms with Crippen molar-refractivity contribution in [2.75, 3.05) is 26.2 Å². The Hall–Kier alpha value is -1.33. The van der Waals surface area contributed by atoms with Gasteiger partial charge < -0.3 is 20.4 Å². The number of amides is 1. The molecule has 2 rings (SSSR count). The Kier molecular flexibility index (Phi) is 4.04. The van der Waals surface area contributed by atoms with Gasteiger partial charge in [0, 0.05) is 37.4 Å². The predicted octanol–water partition coefficient (Wildman–Crippen LogP) is 0.397. The van der Waals surface area contributed by atoms with Crippen molar-refractivity contribution in [3.8, 4) is 0 Å². The molecule has 1 aliphatic heterocycles. The van der Waals surface area contributed by atoms with E-state index in [2.05, 4.69) is 29.5 Å². The normalized spacial score (nSPS) is 20.7. The number of ether oxygens (including phenoxy) is 1. The molecule has 5 heteroatoms. The molecule has 2 heterocycles. The molecular formula is C13H21N3O2. The molecule has 3 N–H and O–H groups in total. The molecule has 1 aromatic heterocycles. The SMILES string of the molecule is CC(C)(CNC(=O)C1CNCCO1)c1cc[nH]c1. The van der Waals surface area contributed by atoms with Crippen LogP contribution in [0.25, 0.3) is 0 Å². The molecule has 100 valence electrons. The average molecular weight is 251 g/mol. The van der Waals surface area contributed by atoms with E-state index in [1.165, 1.54) is 5.56 Å². The maximum Gasteiger partial charge on any atom is 0.250 e. The van der Waals surface area contributed by atoms with E-state index in [9.17, 15) is 4.79 Å². The molecule has 1 fully saturated rings. The molecule has 0 bridgehead atoms. The molecule has 1 amide bonds. The summed E-state index contributed by atoms with van der Waals surface area (Å²) in [5.41, 5.74) is 1.10. The molecule has 1 unspecified atom stereocenters. The van der Waals surface area contributed by atoms with Crippen LogP contribution in [0.1, 0.15) is 19.4 Å². The molecule has 1 saturated heterocycles. The van der Waals surface area contributed by atoms with Crippen molar-refractivity contribution in [2.45, 2.75) is 25.4 Å². The zero-order chi connectivity index (χ0) is 13.0. The number of carbonyl (C=O) groups excluding carboxylic acids is 1. The fraction of sp³-hybridized carbons (Fsp3) is 0.615. The maximum absolute atomic E-state index is 11.9. The Morgan fingerprint density at radius 3 is 3.06 bits per heavy atom. The van der Waals surface area contributed by atoms with E-state index in [1.54, 1.807) is 0 Å². The van der Waals surface area contributed by atoms with E-state index in [1.807, 2.05) is 18.5 Å². The Bertz CT molecular complexity index is 381. The minimum absolute atomic E-state index is 0.0363. The van der Waals surface area contributed by atoms with Gasteiger partial charge in [-0.1, -0.05) is 13.8 Å². The molecule has 5 nitrogen and oxygen atoms in total. The zero-order valence-electron chi connectivity index (χ0n) is 11.0. The fourth-order valence-corrected chi connectivity index (χ4v) is 2.00. The number of aromatic nitrogens is 1.